The van der Waals surface area contributed by atoms with Crippen LogP contribution in [0.15, 0.2) is 83.7 Å². The molecule has 3 aromatic carbocycles. The number of benzene rings is 3. The number of anilines is 1. The molecule has 4 aromatic rings. The molecule has 4 rings (SSSR count). The number of para-hydroxylation sites is 2. The van der Waals surface area contributed by atoms with E-state index < -0.39 is 0 Å². The smallest absolute Gasteiger partial charge is 0.262 e. The summed E-state index contributed by atoms with van der Waals surface area (Å²) in [6.07, 6.45) is 0. The number of halogens is 1. The summed E-state index contributed by atoms with van der Waals surface area (Å²) >= 11 is 6.11. The summed E-state index contributed by atoms with van der Waals surface area (Å²) in [4.78, 5) is 30.4. The zero-order valence-corrected chi connectivity index (χ0v) is 15.6. The Bertz CT molecular complexity index is 1220. The van der Waals surface area contributed by atoms with Crippen LogP contribution in [0.4, 0.5) is 5.69 Å². The fraction of sp³-hybridized carbons (Fsp3) is 0.0455. The SMILES string of the molecule is O=C(Cn1c(-c2ccccc2)nc2ccccc2c1=O)Nc1ccccc1Cl. The van der Waals surface area contributed by atoms with Gasteiger partial charge in [0.05, 0.1) is 21.6 Å². The second-order valence-corrected chi connectivity index (χ2v) is 6.65. The quantitative estimate of drug-likeness (QED) is 0.564. The van der Waals surface area contributed by atoms with E-state index in [-0.39, 0.29) is 18.0 Å². The molecular formula is C22H16ClN3O2. The van der Waals surface area contributed by atoms with Gasteiger partial charge in [-0.1, -0.05) is 66.2 Å². The molecule has 28 heavy (non-hydrogen) atoms. The second-order valence-electron chi connectivity index (χ2n) is 6.24. The highest BCUT2D eigenvalue weighted by molar-refractivity contribution is 6.33. The molecule has 0 fully saturated rings. The first kappa shape index (κ1) is 17.9. The van der Waals surface area contributed by atoms with Crippen LogP contribution in [-0.2, 0) is 11.3 Å². The van der Waals surface area contributed by atoms with E-state index in [1.54, 1.807) is 42.5 Å². The molecule has 0 radical (unpaired) electrons. The molecule has 0 bridgehead atoms. The number of nitrogens with one attached hydrogen (secondary N) is 1. The first-order valence-corrected chi connectivity index (χ1v) is 9.10. The maximum Gasteiger partial charge on any atom is 0.262 e. The van der Waals surface area contributed by atoms with Gasteiger partial charge in [-0.2, -0.15) is 0 Å². The van der Waals surface area contributed by atoms with Crippen LogP contribution in [0, 0.1) is 0 Å². The van der Waals surface area contributed by atoms with Crippen LogP contribution < -0.4 is 10.9 Å². The third-order valence-electron chi connectivity index (χ3n) is 4.34. The summed E-state index contributed by atoms with van der Waals surface area (Å²) in [6.45, 7) is -0.174. The number of hydrogen-bond acceptors (Lipinski definition) is 3. The van der Waals surface area contributed by atoms with Crippen LogP contribution in [0.1, 0.15) is 0 Å². The summed E-state index contributed by atoms with van der Waals surface area (Å²) in [6, 6.07) is 23.4. The van der Waals surface area contributed by atoms with Gasteiger partial charge in [-0.15, -0.1) is 0 Å². The third-order valence-corrected chi connectivity index (χ3v) is 4.67. The molecule has 138 valence electrons. The van der Waals surface area contributed by atoms with Gasteiger partial charge in [0.15, 0.2) is 0 Å². The Morgan fingerprint density at radius 2 is 1.61 bits per heavy atom. The van der Waals surface area contributed by atoms with Crippen molar-refractivity contribution in [2.45, 2.75) is 6.54 Å². The van der Waals surface area contributed by atoms with E-state index in [1.807, 2.05) is 36.4 Å². The molecular weight excluding hydrogens is 374 g/mol. The highest BCUT2D eigenvalue weighted by atomic mass is 35.5. The predicted octanol–water partition coefficient (Wildman–Crippen LogP) is 4.36. The average molecular weight is 390 g/mol. The lowest BCUT2D eigenvalue weighted by Gasteiger charge is -2.14. The van der Waals surface area contributed by atoms with Crippen molar-refractivity contribution in [3.8, 4) is 11.4 Å². The number of aromatic nitrogens is 2. The molecule has 0 aliphatic heterocycles. The highest BCUT2D eigenvalue weighted by Gasteiger charge is 2.16. The topological polar surface area (TPSA) is 64.0 Å². The molecule has 0 aliphatic carbocycles. The summed E-state index contributed by atoms with van der Waals surface area (Å²) in [5, 5.41) is 3.65. The molecule has 1 aromatic heterocycles. The van der Waals surface area contributed by atoms with Crippen molar-refractivity contribution in [2.75, 3.05) is 5.32 Å². The molecule has 5 nitrogen and oxygen atoms in total. The van der Waals surface area contributed by atoms with Crippen LogP contribution in [0.5, 0.6) is 0 Å². The Labute approximate surface area is 166 Å². The van der Waals surface area contributed by atoms with E-state index in [1.165, 1.54) is 4.57 Å². The van der Waals surface area contributed by atoms with Crippen LogP contribution in [0.25, 0.3) is 22.3 Å². The summed E-state index contributed by atoms with van der Waals surface area (Å²) < 4.78 is 1.39. The number of fused-ring (bicyclic) bond motifs is 1. The maximum atomic E-state index is 13.1. The van der Waals surface area contributed by atoms with Gasteiger partial charge in [0.1, 0.15) is 12.4 Å². The zero-order valence-electron chi connectivity index (χ0n) is 14.8. The Morgan fingerprint density at radius 1 is 0.929 bits per heavy atom. The van der Waals surface area contributed by atoms with Gasteiger partial charge in [0, 0.05) is 5.56 Å². The number of hydrogen-bond donors (Lipinski definition) is 1. The van der Waals surface area contributed by atoms with E-state index in [9.17, 15) is 9.59 Å². The van der Waals surface area contributed by atoms with Crippen molar-refractivity contribution >= 4 is 34.1 Å². The third kappa shape index (κ3) is 3.52. The van der Waals surface area contributed by atoms with Gasteiger partial charge in [-0.3, -0.25) is 14.2 Å². The molecule has 0 unspecified atom stereocenters. The highest BCUT2D eigenvalue weighted by Crippen LogP contribution is 2.21. The van der Waals surface area contributed by atoms with Crippen molar-refractivity contribution in [3.63, 3.8) is 0 Å². The molecule has 0 aliphatic rings. The van der Waals surface area contributed by atoms with E-state index in [0.29, 0.717) is 27.4 Å². The maximum absolute atomic E-state index is 13.1. The number of amides is 1. The minimum atomic E-state index is -0.357. The molecule has 0 saturated carbocycles. The number of rotatable bonds is 4. The number of carbonyl (C=O) groups excluding carboxylic acids is 1. The summed E-state index contributed by atoms with van der Waals surface area (Å²) in [5.41, 5.74) is 1.58. The van der Waals surface area contributed by atoms with Crippen molar-refractivity contribution in [3.05, 3.63) is 94.2 Å². The Balaban J connectivity index is 1.79. The standard InChI is InChI=1S/C22H16ClN3O2/c23-17-11-5-7-13-19(17)24-20(27)14-26-21(15-8-2-1-3-9-15)25-18-12-6-4-10-16(18)22(26)28/h1-13H,14H2,(H,24,27). The van der Waals surface area contributed by atoms with Crippen molar-refractivity contribution in [1.29, 1.82) is 0 Å². The van der Waals surface area contributed by atoms with Gasteiger partial charge in [-0.25, -0.2) is 4.98 Å². The van der Waals surface area contributed by atoms with Gasteiger partial charge >= 0.3 is 0 Å². The van der Waals surface area contributed by atoms with Crippen LogP contribution in [0.3, 0.4) is 0 Å². The summed E-state index contributed by atoms with van der Waals surface area (Å²) in [5.74, 6) is 0.0862. The molecule has 0 saturated heterocycles. The van der Waals surface area contributed by atoms with E-state index in [4.69, 9.17) is 11.6 Å². The first-order valence-electron chi connectivity index (χ1n) is 8.73. The van der Waals surface area contributed by atoms with Crippen LogP contribution in [-0.4, -0.2) is 15.5 Å². The molecule has 1 heterocycles. The van der Waals surface area contributed by atoms with Gasteiger partial charge in [0.25, 0.3) is 5.56 Å². The Kier molecular flexibility index (Phi) is 4.91. The van der Waals surface area contributed by atoms with E-state index in [0.717, 1.165) is 5.56 Å². The van der Waals surface area contributed by atoms with E-state index >= 15 is 0 Å². The van der Waals surface area contributed by atoms with Crippen LogP contribution >= 0.6 is 11.6 Å². The minimum absolute atomic E-state index is 0.174. The Hall–Kier alpha value is -3.44. The van der Waals surface area contributed by atoms with Crippen molar-refractivity contribution in [2.24, 2.45) is 0 Å². The van der Waals surface area contributed by atoms with Gasteiger partial charge < -0.3 is 5.32 Å². The largest absolute Gasteiger partial charge is 0.323 e. The number of nitrogens with zero attached hydrogens (tertiary/aromatic N) is 2. The summed E-state index contributed by atoms with van der Waals surface area (Å²) in [7, 11) is 0. The lowest BCUT2D eigenvalue weighted by molar-refractivity contribution is -0.116. The van der Waals surface area contributed by atoms with Gasteiger partial charge in [0.2, 0.25) is 5.91 Å². The molecule has 0 atom stereocenters. The second kappa shape index (κ2) is 7.66. The zero-order chi connectivity index (χ0) is 19.5. The normalized spacial score (nSPS) is 10.8. The van der Waals surface area contributed by atoms with Crippen molar-refractivity contribution in [1.82, 2.24) is 9.55 Å². The first-order chi connectivity index (χ1) is 13.6. The lowest BCUT2D eigenvalue weighted by Crippen LogP contribution is -2.30. The Morgan fingerprint density at radius 3 is 2.39 bits per heavy atom. The van der Waals surface area contributed by atoms with Crippen LogP contribution in [0.2, 0.25) is 5.02 Å². The van der Waals surface area contributed by atoms with Gasteiger partial charge in [-0.05, 0) is 24.3 Å². The predicted molar refractivity (Wildman–Crippen MR) is 112 cm³/mol. The fourth-order valence-corrected chi connectivity index (χ4v) is 3.20. The minimum Gasteiger partial charge on any atom is -0.323 e. The fourth-order valence-electron chi connectivity index (χ4n) is 3.02. The molecule has 6 heteroatoms. The lowest BCUT2D eigenvalue weighted by atomic mass is 10.2. The monoisotopic (exact) mass is 389 g/mol. The number of carbonyl (C=O) groups is 1. The molecule has 0 spiro atoms. The average Bonchev–Trinajstić information content (AvgIpc) is 2.72. The van der Waals surface area contributed by atoms with Crippen molar-refractivity contribution < 1.29 is 4.79 Å². The van der Waals surface area contributed by atoms with E-state index in [2.05, 4.69) is 10.3 Å². The molecule has 1 amide bonds. The molecule has 1 N–H and O–H groups in total.